The summed E-state index contributed by atoms with van der Waals surface area (Å²) in [5.41, 5.74) is 8.54. The molecule has 27 heavy (non-hydrogen) atoms. The van der Waals surface area contributed by atoms with Crippen LogP contribution in [-0.4, -0.2) is 33.8 Å². The molecule has 1 heterocycles. The molecule has 1 aromatic heterocycles. The molecule has 1 fully saturated rings. The van der Waals surface area contributed by atoms with Crippen molar-refractivity contribution in [3.05, 3.63) is 48.0 Å². The van der Waals surface area contributed by atoms with Gasteiger partial charge < -0.3 is 20.1 Å². The number of hydrogen-bond acceptors (Lipinski definition) is 4. The van der Waals surface area contributed by atoms with Gasteiger partial charge in [0.15, 0.2) is 0 Å². The van der Waals surface area contributed by atoms with E-state index in [-0.39, 0.29) is 13.2 Å². The van der Waals surface area contributed by atoms with Gasteiger partial charge >= 0.3 is 0 Å². The van der Waals surface area contributed by atoms with Gasteiger partial charge in [0.25, 0.3) is 0 Å². The van der Waals surface area contributed by atoms with Gasteiger partial charge in [0.2, 0.25) is 5.91 Å². The molecule has 3 N–H and O–H groups in total. The number of primary amides is 1. The summed E-state index contributed by atoms with van der Waals surface area (Å²) >= 11 is 0. The Kier molecular flexibility index (Phi) is 4.81. The highest BCUT2D eigenvalue weighted by Gasteiger charge is 2.25. The number of hydrogen-bond donors (Lipinski definition) is 2. The molecule has 0 saturated heterocycles. The number of nitrogens with zero attached hydrogens (tertiary/aromatic N) is 2. The van der Waals surface area contributed by atoms with Gasteiger partial charge in [-0.2, -0.15) is 0 Å². The summed E-state index contributed by atoms with van der Waals surface area (Å²) in [6.45, 7) is 0.182. The first-order chi connectivity index (χ1) is 13.2. The van der Waals surface area contributed by atoms with Crippen molar-refractivity contribution in [1.29, 1.82) is 0 Å². The van der Waals surface area contributed by atoms with Gasteiger partial charge in [-0.1, -0.05) is 25.0 Å². The van der Waals surface area contributed by atoms with E-state index in [4.69, 9.17) is 20.6 Å². The molecule has 0 unspecified atom stereocenters. The topological polar surface area (TPSA) is 90.4 Å². The van der Waals surface area contributed by atoms with Crippen LogP contribution in [0.5, 0.6) is 5.75 Å². The molecule has 0 aliphatic heterocycles. The van der Waals surface area contributed by atoms with E-state index in [0.29, 0.717) is 17.4 Å². The molecule has 1 aliphatic rings. The van der Waals surface area contributed by atoms with E-state index in [0.717, 1.165) is 35.3 Å². The minimum absolute atomic E-state index is 0.0463. The minimum atomic E-state index is -0.458. The zero-order valence-electron chi connectivity index (χ0n) is 15.1. The number of carbonyl (C=O) groups is 1. The van der Waals surface area contributed by atoms with Crippen molar-refractivity contribution in [3.63, 3.8) is 0 Å². The third kappa shape index (κ3) is 3.28. The summed E-state index contributed by atoms with van der Waals surface area (Å²) < 4.78 is 8.01. The Balaban J connectivity index is 1.91. The van der Waals surface area contributed by atoms with Gasteiger partial charge in [-0.3, -0.25) is 4.79 Å². The highest BCUT2D eigenvalue weighted by molar-refractivity contribution is 5.97. The minimum Gasteiger partial charge on any atom is -0.490 e. The predicted octanol–water partition coefficient (Wildman–Crippen LogP) is 3.29. The van der Waals surface area contributed by atoms with Gasteiger partial charge in [0, 0.05) is 11.6 Å². The molecule has 6 nitrogen and oxygen atoms in total. The fourth-order valence-corrected chi connectivity index (χ4v) is 3.91. The van der Waals surface area contributed by atoms with Crippen LogP contribution < -0.4 is 10.5 Å². The molecule has 140 valence electrons. The van der Waals surface area contributed by atoms with Crippen LogP contribution in [0.3, 0.4) is 0 Å². The van der Waals surface area contributed by atoms with E-state index in [9.17, 15) is 4.79 Å². The highest BCUT2D eigenvalue weighted by Crippen LogP contribution is 2.39. The fourth-order valence-electron chi connectivity index (χ4n) is 3.91. The number of imidazole rings is 1. The van der Waals surface area contributed by atoms with Crippen molar-refractivity contribution in [2.24, 2.45) is 5.73 Å². The number of amides is 1. The van der Waals surface area contributed by atoms with E-state index >= 15 is 0 Å². The summed E-state index contributed by atoms with van der Waals surface area (Å²) in [5, 5.41) is 9.12. The molecule has 0 spiro atoms. The number of carbonyl (C=O) groups excluding carboxylic acids is 1. The van der Waals surface area contributed by atoms with E-state index < -0.39 is 5.91 Å². The zero-order valence-corrected chi connectivity index (χ0v) is 15.1. The van der Waals surface area contributed by atoms with Crippen molar-refractivity contribution in [1.82, 2.24) is 9.55 Å². The van der Waals surface area contributed by atoms with Crippen LogP contribution in [-0.2, 0) is 0 Å². The Morgan fingerprint density at radius 3 is 2.74 bits per heavy atom. The lowest BCUT2D eigenvalue weighted by Crippen LogP contribution is -2.11. The van der Waals surface area contributed by atoms with E-state index in [1.54, 1.807) is 12.1 Å². The lowest BCUT2D eigenvalue weighted by molar-refractivity contribution is 0.100. The third-order valence-corrected chi connectivity index (χ3v) is 5.14. The average Bonchev–Trinajstić information content (AvgIpc) is 3.33. The molecule has 0 atom stereocenters. The van der Waals surface area contributed by atoms with E-state index in [1.165, 1.54) is 12.8 Å². The van der Waals surface area contributed by atoms with E-state index in [2.05, 4.69) is 4.57 Å². The molecule has 1 saturated carbocycles. The monoisotopic (exact) mass is 365 g/mol. The van der Waals surface area contributed by atoms with Crippen molar-refractivity contribution >= 4 is 16.9 Å². The van der Waals surface area contributed by atoms with Crippen molar-refractivity contribution < 1.29 is 14.6 Å². The van der Waals surface area contributed by atoms with Gasteiger partial charge in [0.05, 0.1) is 23.2 Å². The second-order valence-corrected chi connectivity index (χ2v) is 6.88. The van der Waals surface area contributed by atoms with Crippen molar-refractivity contribution in [3.8, 4) is 17.1 Å². The second kappa shape index (κ2) is 7.40. The number of aliphatic hydroxyl groups excluding tert-OH is 1. The summed E-state index contributed by atoms with van der Waals surface area (Å²) in [7, 11) is 0. The molecular formula is C21H23N3O3. The van der Waals surface area contributed by atoms with E-state index in [1.807, 2.05) is 30.3 Å². The van der Waals surface area contributed by atoms with Crippen LogP contribution in [0.25, 0.3) is 22.4 Å². The first-order valence-electron chi connectivity index (χ1n) is 9.34. The normalized spacial score (nSPS) is 14.7. The van der Waals surface area contributed by atoms with Crippen LogP contribution in [0.2, 0.25) is 0 Å². The number of rotatable bonds is 6. The SMILES string of the molecule is NC(=O)c1ccc2c(c1)nc(-c1ccccc1OCCO)n2C1CCCC1. The molecule has 1 aliphatic carbocycles. The summed E-state index contributed by atoms with van der Waals surface area (Å²) in [4.78, 5) is 16.4. The van der Waals surface area contributed by atoms with Crippen LogP contribution in [0.4, 0.5) is 0 Å². The predicted molar refractivity (Wildman–Crippen MR) is 104 cm³/mol. The van der Waals surface area contributed by atoms with Crippen LogP contribution >= 0.6 is 0 Å². The number of aliphatic hydroxyl groups is 1. The van der Waals surface area contributed by atoms with Crippen LogP contribution in [0, 0.1) is 0 Å². The Morgan fingerprint density at radius 1 is 1.22 bits per heavy atom. The summed E-state index contributed by atoms with van der Waals surface area (Å²) in [6, 6.07) is 13.5. The lowest BCUT2D eigenvalue weighted by Gasteiger charge is -2.18. The van der Waals surface area contributed by atoms with Crippen LogP contribution in [0.1, 0.15) is 42.1 Å². The summed E-state index contributed by atoms with van der Waals surface area (Å²) in [6.07, 6.45) is 4.61. The first kappa shape index (κ1) is 17.5. The van der Waals surface area contributed by atoms with Gasteiger partial charge in [-0.05, 0) is 43.2 Å². The molecule has 1 amide bonds. The lowest BCUT2D eigenvalue weighted by atomic mass is 10.1. The first-order valence-corrected chi connectivity index (χ1v) is 9.34. The zero-order chi connectivity index (χ0) is 18.8. The quantitative estimate of drug-likeness (QED) is 0.701. The number of para-hydroxylation sites is 1. The largest absolute Gasteiger partial charge is 0.490 e. The third-order valence-electron chi connectivity index (χ3n) is 5.14. The molecule has 3 aromatic rings. The smallest absolute Gasteiger partial charge is 0.248 e. The average molecular weight is 365 g/mol. The Labute approximate surface area is 157 Å². The number of nitrogens with two attached hydrogens (primary N) is 1. The fraction of sp³-hybridized carbons (Fsp3) is 0.333. The maximum Gasteiger partial charge on any atom is 0.248 e. The van der Waals surface area contributed by atoms with Gasteiger partial charge in [-0.15, -0.1) is 0 Å². The number of fused-ring (bicyclic) bond motifs is 1. The number of ether oxygens (including phenoxy) is 1. The Bertz CT molecular complexity index is 974. The molecular weight excluding hydrogens is 342 g/mol. The Hall–Kier alpha value is -2.86. The number of benzene rings is 2. The molecule has 6 heteroatoms. The Morgan fingerprint density at radius 2 is 2.00 bits per heavy atom. The second-order valence-electron chi connectivity index (χ2n) is 6.88. The maximum atomic E-state index is 11.6. The van der Waals surface area contributed by atoms with Crippen molar-refractivity contribution in [2.75, 3.05) is 13.2 Å². The molecule has 0 bridgehead atoms. The molecule has 0 radical (unpaired) electrons. The highest BCUT2D eigenvalue weighted by atomic mass is 16.5. The molecule has 2 aromatic carbocycles. The van der Waals surface area contributed by atoms with Crippen LogP contribution in [0.15, 0.2) is 42.5 Å². The maximum absolute atomic E-state index is 11.6. The van der Waals surface area contributed by atoms with Crippen molar-refractivity contribution in [2.45, 2.75) is 31.7 Å². The van der Waals surface area contributed by atoms with Gasteiger partial charge in [0.1, 0.15) is 18.2 Å². The number of aromatic nitrogens is 2. The molecule has 4 rings (SSSR count). The standard InChI is InChI=1S/C21H23N3O3/c22-20(26)14-9-10-18-17(13-14)23-21(24(18)15-5-1-2-6-15)16-7-3-4-8-19(16)27-12-11-25/h3-4,7-10,13,15,25H,1-2,5-6,11-12H2,(H2,22,26). The van der Waals surface area contributed by atoms with Gasteiger partial charge in [-0.25, -0.2) is 4.98 Å². The summed E-state index contributed by atoms with van der Waals surface area (Å²) in [5.74, 6) is 1.06.